The molecule has 1 saturated heterocycles. The van der Waals surface area contributed by atoms with E-state index in [-0.39, 0.29) is 35.6 Å². The number of imide groups is 1. The second-order valence-corrected chi connectivity index (χ2v) is 9.17. The predicted octanol–water partition coefficient (Wildman–Crippen LogP) is 1.40. The molecule has 2 heterocycles. The van der Waals surface area contributed by atoms with Crippen LogP contribution >= 0.6 is 0 Å². The fourth-order valence-corrected chi connectivity index (χ4v) is 5.22. The number of piperidine rings is 1. The molecule has 0 spiro atoms. The van der Waals surface area contributed by atoms with Crippen LogP contribution in [-0.2, 0) is 22.7 Å². The van der Waals surface area contributed by atoms with Crippen molar-refractivity contribution in [1.29, 1.82) is 0 Å². The molecule has 0 radical (unpaired) electrons. The molecule has 1 aromatic rings. The number of amides is 3. The highest BCUT2D eigenvalue weighted by molar-refractivity contribution is 6.05. The lowest BCUT2D eigenvalue weighted by molar-refractivity contribution is -0.136. The monoisotopic (exact) mass is 398 g/mol. The first-order chi connectivity index (χ1) is 13.8. The van der Waals surface area contributed by atoms with Crippen molar-refractivity contribution in [2.75, 3.05) is 13.6 Å². The fourth-order valence-electron chi connectivity index (χ4n) is 5.22. The van der Waals surface area contributed by atoms with E-state index in [9.17, 15) is 14.4 Å². The van der Waals surface area contributed by atoms with Gasteiger partial charge in [0.1, 0.15) is 6.04 Å². The Morgan fingerprint density at radius 2 is 2.07 bits per heavy atom. The van der Waals surface area contributed by atoms with Crippen LogP contribution in [0.3, 0.4) is 0 Å². The van der Waals surface area contributed by atoms with Crippen molar-refractivity contribution in [2.24, 2.45) is 11.1 Å². The summed E-state index contributed by atoms with van der Waals surface area (Å²) in [5.74, 6) is -0.760. The van der Waals surface area contributed by atoms with Crippen molar-refractivity contribution < 1.29 is 14.4 Å². The summed E-state index contributed by atoms with van der Waals surface area (Å²) in [4.78, 5) is 40.6. The summed E-state index contributed by atoms with van der Waals surface area (Å²) in [5.41, 5.74) is 9.25. The van der Waals surface area contributed by atoms with Crippen LogP contribution in [0.4, 0.5) is 0 Å². The smallest absolute Gasteiger partial charge is 0.255 e. The fraction of sp³-hybridized carbons (Fsp3) is 0.591. The highest BCUT2D eigenvalue weighted by Gasteiger charge is 2.40. The number of rotatable bonds is 5. The van der Waals surface area contributed by atoms with E-state index < -0.39 is 6.04 Å². The molecule has 29 heavy (non-hydrogen) atoms. The summed E-state index contributed by atoms with van der Waals surface area (Å²) in [5, 5.41) is 2.36. The summed E-state index contributed by atoms with van der Waals surface area (Å²) in [6.45, 7) is 4.34. The quantitative estimate of drug-likeness (QED) is 0.731. The minimum atomic E-state index is -0.575. The summed E-state index contributed by atoms with van der Waals surface area (Å²) >= 11 is 0. The van der Waals surface area contributed by atoms with Gasteiger partial charge in [-0.1, -0.05) is 25.5 Å². The van der Waals surface area contributed by atoms with Gasteiger partial charge in [-0.25, -0.2) is 0 Å². The lowest BCUT2D eigenvalue weighted by Crippen LogP contribution is -2.52. The van der Waals surface area contributed by atoms with E-state index in [0.29, 0.717) is 18.5 Å². The Kier molecular flexibility index (Phi) is 5.21. The molecule has 156 valence electrons. The van der Waals surface area contributed by atoms with E-state index in [2.05, 4.69) is 30.3 Å². The normalized spacial score (nSPS) is 29.5. The largest absolute Gasteiger partial charge is 0.327 e. The molecule has 1 aliphatic carbocycles. The van der Waals surface area contributed by atoms with Gasteiger partial charge in [0, 0.05) is 37.7 Å². The van der Waals surface area contributed by atoms with Crippen LogP contribution in [-0.4, -0.2) is 53.2 Å². The molecule has 4 rings (SSSR count). The highest BCUT2D eigenvalue weighted by Crippen LogP contribution is 2.38. The van der Waals surface area contributed by atoms with Crippen molar-refractivity contribution in [3.05, 3.63) is 34.9 Å². The van der Waals surface area contributed by atoms with Crippen LogP contribution in [0, 0.1) is 5.41 Å². The molecule has 0 aromatic heterocycles. The minimum Gasteiger partial charge on any atom is -0.327 e. The second kappa shape index (κ2) is 7.54. The van der Waals surface area contributed by atoms with Gasteiger partial charge in [0.25, 0.3) is 5.91 Å². The molecule has 7 heteroatoms. The summed E-state index contributed by atoms with van der Waals surface area (Å²) in [6, 6.07) is 5.47. The minimum absolute atomic E-state index is 0.122. The van der Waals surface area contributed by atoms with Gasteiger partial charge in [0.2, 0.25) is 11.8 Å². The Bertz CT molecular complexity index is 854. The molecular weight excluding hydrogens is 368 g/mol. The van der Waals surface area contributed by atoms with E-state index >= 15 is 0 Å². The van der Waals surface area contributed by atoms with Crippen LogP contribution in [0.2, 0.25) is 0 Å². The van der Waals surface area contributed by atoms with Crippen LogP contribution in [0.1, 0.15) is 60.5 Å². The number of carbonyl (C=O) groups is 3. The van der Waals surface area contributed by atoms with E-state index in [1.807, 2.05) is 12.1 Å². The Hall–Kier alpha value is -2.25. The molecule has 2 aliphatic heterocycles. The Morgan fingerprint density at radius 3 is 2.76 bits per heavy atom. The van der Waals surface area contributed by atoms with Crippen molar-refractivity contribution >= 4 is 17.7 Å². The van der Waals surface area contributed by atoms with Gasteiger partial charge in [-0.15, -0.1) is 0 Å². The van der Waals surface area contributed by atoms with Crippen molar-refractivity contribution in [3.8, 4) is 0 Å². The zero-order valence-electron chi connectivity index (χ0n) is 17.2. The molecule has 1 aromatic carbocycles. The predicted molar refractivity (Wildman–Crippen MR) is 109 cm³/mol. The lowest BCUT2D eigenvalue weighted by atomic mass is 9.84. The second-order valence-electron chi connectivity index (χ2n) is 9.17. The number of nitrogens with two attached hydrogens (primary N) is 1. The van der Waals surface area contributed by atoms with Gasteiger partial charge < -0.3 is 15.5 Å². The van der Waals surface area contributed by atoms with Crippen LogP contribution < -0.4 is 11.1 Å². The number of hydrogen-bond donors (Lipinski definition) is 2. The average Bonchev–Trinajstić information content (AvgIpc) is 3.16. The zero-order chi connectivity index (χ0) is 20.8. The zero-order valence-corrected chi connectivity index (χ0v) is 17.2. The number of nitrogens with zero attached hydrogens (tertiary/aromatic N) is 2. The van der Waals surface area contributed by atoms with Gasteiger partial charge in [0.15, 0.2) is 0 Å². The van der Waals surface area contributed by atoms with Gasteiger partial charge >= 0.3 is 0 Å². The third kappa shape index (κ3) is 3.69. The van der Waals surface area contributed by atoms with Gasteiger partial charge in [-0.2, -0.15) is 0 Å². The maximum Gasteiger partial charge on any atom is 0.255 e. The Labute approximate surface area is 171 Å². The molecule has 3 aliphatic rings. The summed E-state index contributed by atoms with van der Waals surface area (Å²) < 4.78 is 0. The van der Waals surface area contributed by atoms with E-state index in [1.165, 1.54) is 6.42 Å². The molecule has 2 fully saturated rings. The van der Waals surface area contributed by atoms with Crippen LogP contribution in [0.5, 0.6) is 0 Å². The maximum atomic E-state index is 13.0. The van der Waals surface area contributed by atoms with Crippen molar-refractivity contribution in [1.82, 2.24) is 15.1 Å². The first-order valence-electron chi connectivity index (χ1n) is 10.5. The molecule has 7 nitrogen and oxygen atoms in total. The van der Waals surface area contributed by atoms with Crippen LogP contribution in [0.25, 0.3) is 0 Å². The first kappa shape index (κ1) is 20.0. The number of hydrogen-bond acceptors (Lipinski definition) is 5. The van der Waals surface area contributed by atoms with Crippen molar-refractivity contribution in [2.45, 2.75) is 64.2 Å². The van der Waals surface area contributed by atoms with E-state index in [0.717, 1.165) is 37.1 Å². The number of fused-ring (bicyclic) bond motifs is 1. The summed E-state index contributed by atoms with van der Waals surface area (Å²) in [7, 11) is 2.10. The highest BCUT2D eigenvalue weighted by atomic mass is 16.2. The standard InChI is InChI=1S/C22H30N4O3/c1-22(10-4-7-18(22)23)13-25(2)11-14-5-3-6-15-16(14)12-26(21(15)29)17-8-9-19(27)24-20(17)28/h3,5-6,17-18H,4,7-13,23H2,1-2H3,(H,24,27,28)/t17?,18-,22+/m0/s1. The molecular formula is C22H30N4O3. The van der Waals surface area contributed by atoms with Gasteiger partial charge in [-0.3, -0.25) is 19.7 Å². The molecule has 3 N–H and O–H groups in total. The third-order valence-electron chi connectivity index (χ3n) is 6.91. The van der Waals surface area contributed by atoms with E-state index in [1.54, 1.807) is 4.90 Å². The molecule has 1 saturated carbocycles. The molecule has 1 unspecified atom stereocenters. The van der Waals surface area contributed by atoms with Crippen molar-refractivity contribution in [3.63, 3.8) is 0 Å². The Balaban J connectivity index is 1.50. The topological polar surface area (TPSA) is 95.7 Å². The maximum absolute atomic E-state index is 13.0. The van der Waals surface area contributed by atoms with Crippen LogP contribution in [0.15, 0.2) is 18.2 Å². The molecule has 0 bridgehead atoms. The SMILES string of the molecule is CN(Cc1cccc2c1CN(C1CCC(=O)NC1=O)C2=O)C[C@@]1(C)CCC[C@@H]1N. The lowest BCUT2D eigenvalue weighted by Gasteiger charge is -2.34. The van der Waals surface area contributed by atoms with E-state index in [4.69, 9.17) is 5.73 Å². The Morgan fingerprint density at radius 1 is 1.28 bits per heavy atom. The van der Waals surface area contributed by atoms with Gasteiger partial charge in [0.05, 0.1) is 0 Å². The molecule has 3 atom stereocenters. The number of nitrogens with one attached hydrogen (secondary N) is 1. The summed E-state index contributed by atoms with van der Waals surface area (Å²) in [6.07, 6.45) is 4.07. The molecule has 3 amide bonds. The number of benzene rings is 1. The average molecular weight is 399 g/mol. The number of carbonyl (C=O) groups excluding carboxylic acids is 3. The third-order valence-corrected chi connectivity index (χ3v) is 6.91. The van der Waals surface area contributed by atoms with Gasteiger partial charge in [-0.05, 0) is 48.9 Å². The first-order valence-corrected chi connectivity index (χ1v) is 10.5.